The molecule has 2 N–H and O–H groups in total. The normalized spacial score (nSPS) is 11.5. The van der Waals surface area contributed by atoms with E-state index in [-0.39, 0.29) is 5.91 Å². The third-order valence-electron chi connectivity index (χ3n) is 2.12. The van der Waals surface area contributed by atoms with Crippen molar-refractivity contribution in [1.29, 1.82) is 0 Å². The summed E-state index contributed by atoms with van der Waals surface area (Å²) >= 11 is 0. The molecular formula is C11H25N2O4P. The molecule has 0 radical (unpaired) electrons. The number of hydrogen-bond donors (Lipinski definition) is 2. The van der Waals surface area contributed by atoms with Crippen LogP contribution >= 0.6 is 7.60 Å². The van der Waals surface area contributed by atoms with E-state index in [1.165, 1.54) is 0 Å². The molecular weight excluding hydrogens is 255 g/mol. The molecule has 0 rings (SSSR count). The standard InChI is InChI=1S/C11H25N2O4P/c1-4-13-11(14)7-8-12-9-10-18(15,16-5-2)17-6-3/h12H,4-10H2,1-3H3,(H,13,14). The van der Waals surface area contributed by atoms with Gasteiger partial charge in [0.25, 0.3) is 0 Å². The Hall–Kier alpha value is -0.420. The SMILES string of the molecule is CCNC(=O)CCNCCP(=O)(OCC)OCC. The van der Waals surface area contributed by atoms with Gasteiger partial charge < -0.3 is 19.7 Å². The van der Waals surface area contributed by atoms with E-state index in [1.807, 2.05) is 6.92 Å². The first-order chi connectivity index (χ1) is 8.58. The van der Waals surface area contributed by atoms with Crippen LogP contribution < -0.4 is 10.6 Å². The molecule has 18 heavy (non-hydrogen) atoms. The third kappa shape index (κ3) is 8.64. The number of rotatable bonds is 11. The minimum absolute atomic E-state index is 0.0165. The molecule has 0 aliphatic heterocycles. The van der Waals surface area contributed by atoms with Crippen molar-refractivity contribution in [1.82, 2.24) is 10.6 Å². The van der Waals surface area contributed by atoms with Crippen LogP contribution in [0.3, 0.4) is 0 Å². The maximum atomic E-state index is 12.0. The number of carbonyl (C=O) groups is 1. The summed E-state index contributed by atoms with van der Waals surface area (Å²) in [6.07, 6.45) is 0.742. The van der Waals surface area contributed by atoms with Crippen LogP contribution in [-0.2, 0) is 18.4 Å². The summed E-state index contributed by atoms with van der Waals surface area (Å²) in [5.41, 5.74) is 0. The molecule has 0 bridgehead atoms. The summed E-state index contributed by atoms with van der Waals surface area (Å²) in [4.78, 5) is 11.2. The molecule has 108 valence electrons. The molecule has 0 spiro atoms. The van der Waals surface area contributed by atoms with Crippen molar-refractivity contribution in [2.45, 2.75) is 27.2 Å². The first-order valence-corrected chi connectivity index (χ1v) is 8.16. The minimum Gasteiger partial charge on any atom is -0.356 e. The predicted molar refractivity (Wildman–Crippen MR) is 71.9 cm³/mol. The second-order valence-electron chi connectivity index (χ2n) is 3.62. The largest absolute Gasteiger partial charge is 0.356 e. The van der Waals surface area contributed by atoms with E-state index in [2.05, 4.69) is 10.6 Å². The first-order valence-electron chi connectivity index (χ1n) is 6.43. The van der Waals surface area contributed by atoms with Gasteiger partial charge in [-0.15, -0.1) is 0 Å². The van der Waals surface area contributed by atoms with Crippen molar-refractivity contribution in [3.8, 4) is 0 Å². The Labute approximate surface area is 109 Å². The van der Waals surface area contributed by atoms with Crippen LogP contribution in [0.25, 0.3) is 0 Å². The summed E-state index contributed by atoms with van der Waals surface area (Å²) < 4.78 is 22.3. The Kier molecular flexibility index (Phi) is 10.3. The van der Waals surface area contributed by atoms with Gasteiger partial charge in [-0.3, -0.25) is 9.36 Å². The van der Waals surface area contributed by atoms with E-state index in [0.29, 0.717) is 45.4 Å². The predicted octanol–water partition coefficient (Wildman–Crippen LogP) is 1.37. The molecule has 0 atom stereocenters. The Morgan fingerprint density at radius 1 is 1.11 bits per heavy atom. The Morgan fingerprint density at radius 3 is 2.22 bits per heavy atom. The Morgan fingerprint density at radius 2 is 1.72 bits per heavy atom. The summed E-state index contributed by atoms with van der Waals surface area (Å²) in [5.74, 6) is 0.0165. The fourth-order valence-corrected chi connectivity index (χ4v) is 2.94. The fraction of sp³-hybridized carbons (Fsp3) is 0.909. The molecule has 0 aromatic carbocycles. The van der Waals surface area contributed by atoms with E-state index in [1.54, 1.807) is 13.8 Å². The lowest BCUT2D eigenvalue weighted by molar-refractivity contribution is -0.120. The fourth-order valence-electron chi connectivity index (χ4n) is 1.39. The van der Waals surface area contributed by atoms with Gasteiger partial charge in [0.2, 0.25) is 5.91 Å². The van der Waals surface area contributed by atoms with Gasteiger partial charge in [0.05, 0.1) is 19.4 Å². The number of amides is 1. The molecule has 7 heteroatoms. The van der Waals surface area contributed by atoms with E-state index in [9.17, 15) is 9.36 Å². The van der Waals surface area contributed by atoms with Crippen molar-refractivity contribution in [2.24, 2.45) is 0 Å². The summed E-state index contributed by atoms with van der Waals surface area (Å²) in [5, 5.41) is 5.76. The zero-order chi connectivity index (χ0) is 13.9. The van der Waals surface area contributed by atoms with Crippen LogP contribution in [-0.4, -0.2) is 44.9 Å². The van der Waals surface area contributed by atoms with Crippen molar-refractivity contribution in [2.75, 3.05) is 39.0 Å². The van der Waals surface area contributed by atoms with Gasteiger partial charge in [0.15, 0.2) is 0 Å². The van der Waals surface area contributed by atoms with Crippen LogP contribution in [0.2, 0.25) is 0 Å². The Balaban J connectivity index is 3.73. The van der Waals surface area contributed by atoms with Crippen molar-refractivity contribution in [3.63, 3.8) is 0 Å². The highest BCUT2D eigenvalue weighted by Gasteiger charge is 2.22. The second-order valence-corrected chi connectivity index (χ2v) is 5.81. The summed E-state index contributed by atoms with van der Waals surface area (Å²) in [7, 11) is -2.96. The molecule has 0 aromatic rings. The lowest BCUT2D eigenvalue weighted by Crippen LogP contribution is -2.28. The minimum atomic E-state index is -2.96. The van der Waals surface area contributed by atoms with Crippen LogP contribution in [0.4, 0.5) is 0 Å². The number of nitrogens with one attached hydrogen (secondary N) is 2. The zero-order valence-electron chi connectivity index (χ0n) is 11.5. The average molecular weight is 280 g/mol. The van der Waals surface area contributed by atoms with Crippen LogP contribution in [0.1, 0.15) is 27.2 Å². The van der Waals surface area contributed by atoms with Gasteiger partial charge in [0, 0.05) is 26.1 Å². The van der Waals surface area contributed by atoms with Crippen molar-refractivity contribution >= 4 is 13.5 Å². The molecule has 0 saturated heterocycles. The van der Waals surface area contributed by atoms with Crippen molar-refractivity contribution in [3.05, 3.63) is 0 Å². The summed E-state index contributed by atoms with van der Waals surface area (Å²) in [6.45, 7) is 7.91. The molecule has 0 saturated carbocycles. The van der Waals surface area contributed by atoms with Crippen LogP contribution in [0, 0.1) is 0 Å². The number of hydrogen-bond acceptors (Lipinski definition) is 5. The molecule has 0 heterocycles. The monoisotopic (exact) mass is 280 g/mol. The van der Waals surface area contributed by atoms with Gasteiger partial charge in [-0.1, -0.05) is 0 Å². The van der Waals surface area contributed by atoms with Gasteiger partial charge in [0.1, 0.15) is 0 Å². The molecule has 6 nitrogen and oxygen atoms in total. The topological polar surface area (TPSA) is 76.7 Å². The molecule has 1 amide bonds. The highest BCUT2D eigenvalue weighted by molar-refractivity contribution is 7.53. The van der Waals surface area contributed by atoms with Crippen molar-refractivity contribution < 1.29 is 18.4 Å². The van der Waals surface area contributed by atoms with Gasteiger partial charge in [-0.2, -0.15) is 0 Å². The second kappa shape index (κ2) is 10.5. The van der Waals surface area contributed by atoms with E-state index in [4.69, 9.17) is 9.05 Å². The third-order valence-corrected chi connectivity index (χ3v) is 4.19. The molecule has 0 fully saturated rings. The van der Waals surface area contributed by atoms with Gasteiger partial charge in [-0.25, -0.2) is 0 Å². The lowest BCUT2D eigenvalue weighted by Gasteiger charge is -2.16. The lowest BCUT2D eigenvalue weighted by atomic mass is 10.4. The van der Waals surface area contributed by atoms with E-state index >= 15 is 0 Å². The van der Waals surface area contributed by atoms with Gasteiger partial charge >= 0.3 is 7.60 Å². The molecule has 0 aromatic heterocycles. The highest BCUT2D eigenvalue weighted by atomic mass is 31.2. The summed E-state index contributed by atoms with van der Waals surface area (Å²) in [6, 6.07) is 0. The van der Waals surface area contributed by atoms with Crippen LogP contribution in [0.5, 0.6) is 0 Å². The highest BCUT2D eigenvalue weighted by Crippen LogP contribution is 2.47. The average Bonchev–Trinajstić information content (AvgIpc) is 2.29. The zero-order valence-corrected chi connectivity index (χ0v) is 12.4. The first kappa shape index (κ1) is 17.6. The molecule has 0 unspecified atom stereocenters. The maximum Gasteiger partial charge on any atom is 0.331 e. The van der Waals surface area contributed by atoms with E-state index in [0.717, 1.165) is 0 Å². The maximum absolute atomic E-state index is 12.0. The van der Waals surface area contributed by atoms with Gasteiger partial charge in [-0.05, 0) is 20.8 Å². The quantitative estimate of drug-likeness (QED) is 0.441. The smallest absolute Gasteiger partial charge is 0.331 e. The Bertz CT molecular complexity index is 264. The molecule has 0 aliphatic rings. The molecule has 0 aliphatic carbocycles. The number of carbonyl (C=O) groups excluding carboxylic acids is 1. The van der Waals surface area contributed by atoms with Crippen LogP contribution in [0.15, 0.2) is 0 Å². The van der Waals surface area contributed by atoms with E-state index < -0.39 is 7.60 Å².